The van der Waals surface area contributed by atoms with Crippen molar-refractivity contribution in [3.63, 3.8) is 0 Å². The van der Waals surface area contributed by atoms with Crippen molar-refractivity contribution in [2.45, 2.75) is 19.0 Å². The number of hydrogen-bond acceptors (Lipinski definition) is 4. The number of phenolic OH excluding ortho intramolecular Hbond substituents is 1. The number of para-hydroxylation sites is 1. The lowest BCUT2D eigenvalue weighted by molar-refractivity contribution is 0.209. The standard InChI is InChI=1S/C20H21N3O/c1-15(18-9-3-4-10-19(18)24)23(2)20(16-7-5-11-21-13-16)17-8-6-12-22-14-17/h3-15,20,24H,1-2H3/t15-/m0/s1. The van der Waals surface area contributed by atoms with Gasteiger partial charge in [0, 0.05) is 36.4 Å². The van der Waals surface area contributed by atoms with Gasteiger partial charge in [-0.1, -0.05) is 30.3 Å². The van der Waals surface area contributed by atoms with E-state index >= 15 is 0 Å². The van der Waals surface area contributed by atoms with E-state index in [0.717, 1.165) is 16.7 Å². The molecule has 0 saturated heterocycles. The smallest absolute Gasteiger partial charge is 0.120 e. The Morgan fingerprint density at radius 1 is 0.875 bits per heavy atom. The maximum Gasteiger partial charge on any atom is 0.120 e. The van der Waals surface area contributed by atoms with E-state index in [1.807, 2.05) is 42.7 Å². The summed E-state index contributed by atoms with van der Waals surface area (Å²) in [5.41, 5.74) is 3.09. The Balaban J connectivity index is 2.01. The number of phenols is 1. The second kappa shape index (κ2) is 7.23. The van der Waals surface area contributed by atoms with Gasteiger partial charge in [0.05, 0.1) is 6.04 Å². The molecule has 0 bridgehead atoms. The zero-order valence-corrected chi connectivity index (χ0v) is 13.9. The summed E-state index contributed by atoms with van der Waals surface area (Å²) in [6.07, 6.45) is 7.31. The van der Waals surface area contributed by atoms with Crippen LogP contribution in [0.5, 0.6) is 5.75 Å². The molecule has 0 aliphatic carbocycles. The molecule has 0 aliphatic rings. The van der Waals surface area contributed by atoms with E-state index in [0.29, 0.717) is 5.75 Å². The van der Waals surface area contributed by atoms with Gasteiger partial charge in [-0.15, -0.1) is 0 Å². The van der Waals surface area contributed by atoms with Gasteiger partial charge in [-0.05, 0) is 43.3 Å². The molecule has 3 aromatic rings. The first kappa shape index (κ1) is 16.1. The van der Waals surface area contributed by atoms with Gasteiger partial charge >= 0.3 is 0 Å². The Labute approximate surface area is 142 Å². The second-order valence-electron chi connectivity index (χ2n) is 5.88. The first-order chi connectivity index (χ1) is 11.7. The molecule has 3 rings (SSSR count). The van der Waals surface area contributed by atoms with E-state index < -0.39 is 0 Å². The molecule has 24 heavy (non-hydrogen) atoms. The lowest BCUT2D eigenvalue weighted by atomic mass is 9.96. The fourth-order valence-corrected chi connectivity index (χ4v) is 3.02. The average Bonchev–Trinajstić information content (AvgIpc) is 2.63. The van der Waals surface area contributed by atoms with Crippen molar-refractivity contribution in [1.29, 1.82) is 0 Å². The van der Waals surface area contributed by atoms with Gasteiger partial charge in [-0.25, -0.2) is 0 Å². The summed E-state index contributed by atoms with van der Waals surface area (Å²) >= 11 is 0. The fourth-order valence-electron chi connectivity index (χ4n) is 3.02. The van der Waals surface area contributed by atoms with Crippen LogP contribution in [0.2, 0.25) is 0 Å². The van der Waals surface area contributed by atoms with Crippen LogP contribution in [0.25, 0.3) is 0 Å². The predicted molar refractivity (Wildman–Crippen MR) is 94.6 cm³/mol. The minimum atomic E-state index is 0.00186. The Hall–Kier alpha value is -2.72. The molecule has 122 valence electrons. The van der Waals surface area contributed by atoms with Gasteiger partial charge < -0.3 is 5.11 Å². The molecule has 0 amide bonds. The third kappa shape index (κ3) is 3.29. The summed E-state index contributed by atoms with van der Waals surface area (Å²) in [5.74, 6) is 0.313. The summed E-state index contributed by atoms with van der Waals surface area (Å²) < 4.78 is 0. The average molecular weight is 319 g/mol. The van der Waals surface area contributed by atoms with Crippen LogP contribution in [0.15, 0.2) is 73.3 Å². The fraction of sp³-hybridized carbons (Fsp3) is 0.200. The lowest BCUT2D eigenvalue weighted by Gasteiger charge is -2.34. The molecule has 4 nitrogen and oxygen atoms in total. The minimum Gasteiger partial charge on any atom is -0.508 e. The zero-order valence-electron chi connectivity index (χ0n) is 13.9. The number of hydrogen-bond donors (Lipinski definition) is 1. The van der Waals surface area contributed by atoms with Gasteiger partial charge in [0.1, 0.15) is 5.75 Å². The van der Waals surface area contributed by atoms with Crippen LogP contribution in [0.3, 0.4) is 0 Å². The Morgan fingerprint density at radius 3 is 1.96 bits per heavy atom. The van der Waals surface area contributed by atoms with Crippen molar-refractivity contribution in [3.8, 4) is 5.75 Å². The molecule has 1 N–H and O–H groups in total. The number of aromatic nitrogens is 2. The Kier molecular flexibility index (Phi) is 4.87. The highest BCUT2D eigenvalue weighted by Gasteiger charge is 2.25. The Bertz CT molecular complexity index is 738. The highest BCUT2D eigenvalue weighted by molar-refractivity contribution is 5.36. The van der Waals surface area contributed by atoms with E-state index in [2.05, 4.69) is 41.0 Å². The minimum absolute atomic E-state index is 0.00186. The molecule has 1 atom stereocenters. The normalized spacial score (nSPS) is 12.5. The number of pyridine rings is 2. The SMILES string of the molecule is C[C@@H](c1ccccc1O)N(C)C(c1cccnc1)c1cccnc1. The monoisotopic (exact) mass is 319 g/mol. The number of benzene rings is 1. The van der Waals surface area contributed by atoms with Gasteiger partial charge in [0.25, 0.3) is 0 Å². The first-order valence-electron chi connectivity index (χ1n) is 7.98. The summed E-state index contributed by atoms with van der Waals surface area (Å²) in [5, 5.41) is 10.2. The van der Waals surface area contributed by atoms with Gasteiger partial charge in [0.15, 0.2) is 0 Å². The Morgan fingerprint density at radius 2 is 1.46 bits per heavy atom. The van der Waals surface area contributed by atoms with Crippen LogP contribution in [-0.2, 0) is 0 Å². The van der Waals surface area contributed by atoms with E-state index in [1.54, 1.807) is 18.5 Å². The van der Waals surface area contributed by atoms with Crippen LogP contribution < -0.4 is 0 Å². The number of aromatic hydroxyl groups is 1. The van der Waals surface area contributed by atoms with Gasteiger partial charge in [-0.2, -0.15) is 0 Å². The molecule has 1 aromatic carbocycles. The first-order valence-corrected chi connectivity index (χ1v) is 7.98. The topological polar surface area (TPSA) is 49.2 Å². The van der Waals surface area contributed by atoms with Crippen molar-refractivity contribution >= 4 is 0 Å². The molecule has 0 radical (unpaired) electrons. The predicted octanol–water partition coefficient (Wildman–Crippen LogP) is 3.96. The van der Waals surface area contributed by atoms with Gasteiger partial charge in [-0.3, -0.25) is 14.9 Å². The van der Waals surface area contributed by atoms with Crippen molar-refractivity contribution in [3.05, 3.63) is 90.0 Å². The van der Waals surface area contributed by atoms with E-state index in [9.17, 15) is 5.11 Å². The molecule has 4 heteroatoms. The summed E-state index contributed by atoms with van der Waals surface area (Å²) in [4.78, 5) is 10.8. The van der Waals surface area contributed by atoms with Gasteiger partial charge in [0.2, 0.25) is 0 Å². The summed E-state index contributed by atoms with van der Waals surface area (Å²) in [6.45, 7) is 2.09. The van der Waals surface area contributed by atoms with Crippen LogP contribution in [-0.4, -0.2) is 27.0 Å². The molecule has 2 aromatic heterocycles. The largest absolute Gasteiger partial charge is 0.508 e. The van der Waals surface area contributed by atoms with Crippen molar-refractivity contribution in [1.82, 2.24) is 14.9 Å². The van der Waals surface area contributed by atoms with Crippen LogP contribution >= 0.6 is 0 Å². The molecule has 0 saturated carbocycles. The van der Waals surface area contributed by atoms with Crippen LogP contribution in [0.4, 0.5) is 0 Å². The second-order valence-corrected chi connectivity index (χ2v) is 5.88. The van der Waals surface area contributed by atoms with Crippen LogP contribution in [0.1, 0.15) is 35.7 Å². The molecular formula is C20H21N3O. The quantitative estimate of drug-likeness (QED) is 0.773. The molecule has 2 heterocycles. The highest BCUT2D eigenvalue weighted by atomic mass is 16.3. The highest BCUT2D eigenvalue weighted by Crippen LogP contribution is 2.35. The molecule has 0 aliphatic heterocycles. The number of nitrogens with zero attached hydrogens (tertiary/aromatic N) is 3. The third-order valence-corrected chi connectivity index (χ3v) is 4.41. The molecular weight excluding hydrogens is 298 g/mol. The maximum atomic E-state index is 10.2. The lowest BCUT2D eigenvalue weighted by Crippen LogP contribution is -2.28. The summed E-state index contributed by atoms with van der Waals surface area (Å²) in [6, 6.07) is 15.5. The van der Waals surface area contributed by atoms with E-state index in [1.165, 1.54) is 0 Å². The van der Waals surface area contributed by atoms with Crippen molar-refractivity contribution < 1.29 is 5.11 Å². The zero-order chi connectivity index (χ0) is 16.9. The van der Waals surface area contributed by atoms with Crippen molar-refractivity contribution in [2.24, 2.45) is 0 Å². The maximum absolute atomic E-state index is 10.2. The van der Waals surface area contributed by atoms with Crippen molar-refractivity contribution in [2.75, 3.05) is 7.05 Å². The van der Waals surface area contributed by atoms with E-state index in [-0.39, 0.29) is 12.1 Å². The number of rotatable bonds is 5. The molecule has 0 spiro atoms. The molecule has 0 unspecified atom stereocenters. The summed E-state index contributed by atoms with van der Waals surface area (Å²) in [7, 11) is 2.06. The third-order valence-electron chi connectivity index (χ3n) is 4.41. The van der Waals surface area contributed by atoms with Crippen LogP contribution in [0, 0.1) is 0 Å². The molecule has 0 fully saturated rings. The van der Waals surface area contributed by atoms with E-state index in [4.69, 9.17) is 0 Å².